The van der Waals surface area contributed by atoms with Crippen molar-refractivity contribution < 1.29 is 9.18 Å². The predicted molar refractivity (Wildman–Crippen MR) is 77.0 cm³/mol. The highest BCUT2D eigenvalue weighted by Crippen LogP contribution is 2.21. The minimum absolute atomic E-state index is 0.108. The number of aryl methyl sites for hydroxylation is 1. The van der Waals surface area contributed by atoms with Crippen molar-refractivity contribution >= 4 is 17.5 Å². The molecule has 98 valence electrons. The maximum atomic E-state index is 13.4. The van der Waals surface area contributed by atoms with E-state index in [-0.39, 0.29) is 11.6 Å². The Balaban J connectivity index is 1.88. The molecular weight excluding hydrogens is 259 g/mol. The second kappa shape index (κ2) is 6.53. The van der Waals surface area contributed by atoms with Crippen molar-refractivity contribution in [1.82, 2.24) is 0 Å². The molecule has 0 bridgehead atoms. The Bertz CT molecular complexity index is 563. The Morgan fingerprint density at radius 2 is 1.79 bits per heavy atom. The van der Waals surface area contributed by atoms with Crippen LogP contribution in [-0.4, -0.2) is 11.5 Å². The smallest absolute Gasteiger partial charge is 0.147 e. The van der Waals surface area contributed by atoms with Crippen molar-refractivity contribution in [2.75, 3.05) is 5.75 Å². The Morgan fingerprint density at radius 3 is 2.47 bits per heavy atom. The maximum Gasteiger partial charge on any atom is 0.147 e. The lowest BCUT2D eigenvalue weighted by Crippen LogP contribution is -2.05. The molecule has 2 aromatic rings. The molecule has 0 heterocycles. The van der Waals surface area contributed by atoms with Gasteiger partial charge in [-0.15, -0.1) is 11.8 Å². The number of hydrogen-bond acceptors (Lipinski definition) is 2. The molecule has 0 aliphatic heterocycles. The second-order valence-electron chi connectivity index (χ2n) is 4.42. The van der Waals surface area contributed by atoms with Gasteiger partial charge >= 0.3 is 0 Å². The molecule has 0 fully saturated rings. The number of hydrogen-bond donors (Lipinski definition) is 0. The standard InChI is InChI=1S/C16H15FOS/c1-12-6-8-13(9-7-12)10-14(18)11-19-16-5-3-2-4-15(16)17/h2-9H,10-11H2,1H3. The quantitative estimate of drug-likeness (QED) is 0.765. The van der Waals surface area contributed by atoms with Crippen LogP contribution in [-0.2, 0) is 11.2 Å². The van der Waals surface area contributed by atoms with Gasteiger partial charge in [-0.05, 0) is 24.6 Å². The van der Waals surface area contributed by atoms with Crippen LogP contribution >= 0.6 is 11.8 Å². The number of Topliss-reactive ketones (excluding diaryl/α,β-unsaturated/α-hetero) is 1. The lowest BCUT2D eigenvalue weighted by molar-refractivity contribution is -0.116. The topological polar surface area (TPSA) is 17.1 Å². The molecule has 0 N–H and O–H groups in total. The van der Waals surface area contributed by atoms with E-state index in [0.29, 0.717) is 17.1 Å². The lowest BCUT2D eigenvalue weighted by atomic mass is 10.1. The van der Waals surface area contributed by atoms with E-state index in [2.05, 4.69) is 0 Å². The van der Waals surface area contributed by atoms with Crippen molar-refractivity contribution in [3.8, 4) is 0 Å². The SMILES string of the molecule is Cc1ccc(CC(=O)CSc2ccccc2F)cc1. The molecule has 0 aliphatic rings. The van der Waals surface area contributed by atoms with Gasteiger partial charge in [-0.3, -0.25) is 4.79 Å². The molecule has 0 radical (unpaired) electrons. The molecule has 0 aromatic heterocycles. The van der Waals surface area contributed by atoms with Gasteiger partial charge in [-0.25, -0.2) is 4.39 Å². The highest BCUT2D eigenvalue weighted by atomic mass is 32.2. The van der Waals surface area contributed by atoms with Gasteiger partial charge in [0.15, 0.2) is 0 Å². The Kier molecular flexibility index (Phi) is 4.74. The maximum absolute atomic E-state index is 13.4. The summed E-state index contributed by atoms with van der Waals surface area (Å²) in [5.41, 5.74) is 2.18. The van der Waals surface area contributed by atoms with Gasteiger partial charge in [0.25, 0.3) is 0 Å². The van der Waals surface area contributed by atoms with Crippen molar-refractivity contribution in [3.63, 3.8) is 0 Å². The van der Waals surface area contributed by atoms with Crippen LogP contribution in [0, 0.1) is 12.7 Å². The summed E-state index contributed by atoms with van der Waals surface area (Å²) in [6.45, 7) is 2.01. The zero-order chi connectivity index (χ0) is 13.7. The van der Waals surface area contributed by atoms with E-state index < -0.39 is 0 Å². The molecule has 0 unspecified atom stereocenters. The number of carbonyl (C=O) groups excluding carboxylic acids is 1. The average Bonchev–Trinajstić information content (AvgIpc) is 2.40. The van der Waals surface area contributed by atoms with E-state index in [1.54, 1.807) is 18.2 Å². The second-order valence-corrected chi connectivity index (χ2v) is 5.44. The van der Waals surface area contributed by atoms with Crippen molar-refractivity contribution in [1.29, 1.82) is 0 Å². The van der Waals surface area contributed by atoms with Crippen LogP contribution in [0.3, 0.4) is 0 Å². The molecule has 0 spiro atoms. The third kappa shape index (κ3) is 4.21. The first-order chi connectivity index (χ1) is 9.15. The Labute approximate surface area is 116 Å². The summed E-state index contributed by atoms with van der Waals surface area (Å²) in [5, 5.41) is 0. The fourth-order valence-electron chi connectivity index (χ4n) is 1.70. The van der Waals surface area contributed by atoms with Crippen LogP contribution in [0.25, 0.3) is 0 Å². The monoisotopic (exact) mass is 274 g/mol. The van der Waals surface area contributed by atoms with Crippen LogP contribution in [0.1, 0.15) is 11.1 Å². The first-order valence-electron chi connectivity index (χ1n) is 6.10. The van der Waals surface area contributed by atoms with E-state index in [0.717, 1.165) is 5.56 Å². The largest absolute Gasteiger partial charge is 0.298 e. The van der Waals surface area contributed by atoms with Crippen molar-refractivity contribution in [2.24, 2.45) is 0 Å². The van der Waals surface area contributed by atoms with Crippen LogP contribution in [0.5, 0.6) is 0 Å². The highest BCUT2D eigenvalue weighted by molar-refractivity contribution is 8.00. The fourth-order valence-corrected chi connectivity index (χ4v) is 2.50. The average molecular weight is 274 g/mol. The van der Waals surface area contributed by atoms with E-state index in [1.807, 2.05) is 31.2 Å². The molecule has 0 saturated heterocycles. The Hall–Kier alpha value is -1.61. The van der Waals surface area contributed by atoms with Gasteiger partial charge in [0.2, 0.25) is 0 Å². The normalized spacial score (nSPS) is 10.4. The molecule has 2 aromatic carbocycles. The van der Waals surface area contributed by atoms with Crippen LogP contribution < -0.4 is 0 Å². The molecule has 2 rings (SSSR count). The number of ketones is 1. The number of benzene rings is 2. The summed E-state index contributed by atoms with van der Waals surface area (Å²) in [4.78, 5) is 12.4. The number of carbonyl (C=O) groups is 1. The fraction of sp³-hybridized carbons (Fsp3) is 0.188. The number of thioether (sulfide) groups is 1. The minimum atomic E-state index is -0.268. The molecule has 0 aliphatic carbocycles. The third-order valence-corrected chi connectivity index (χ3v) is 3.86. The summed E-state index contributed by atoms with van der Waals surface area (Å²) in [6.07, 6.45) is 0.404. The van der Waals surface area contributed by atoms with Crippen LogP contribution in [0.2, 0.25) is 0 Å². The lowest BCUT2D eigenvalue weighted by Gasteiger charge is -2.03. The van der Waals surface area contributed by atoms with E-state index in [1.165, 1.54) is 23.4 Å². The summed E-state index contributed by atoms with van der Waals surface area (Å²) >= 11 is 1.25. The van der Waals surface area contributed by atoms with Crippen LogP contribution in [0.4, 0.5) is 4.39 Å². The van der Waals surface area contributed by atoms with Gasteiger partial charge in [0.1, 0.15) is 11.6 Å². The number of halogens is 1. The van der Waals surface area contributed by atoms with E-state index in [4.69, 9.17) is 0 Å². The van der Waals surface area contributed by atoms with Crippen molar-refractivity contribution in [3.05, 3.63) is 65.5 Å². The molecule has 19 heavy (non-hydrogen) atoms. The first kappa shape index (κ1) is 13.8. The van der Waals surface area contributed by atoms with Gasteiger partial charge < -0.3 is 0 Å². The Morgan fingerprint density at radius 1 is 1.11 bits per heavy atom. The predicted octanol–water partition coefficient (Wildman–Crippen LogP) is 4.04. The van der Waals surface area contributed by atoms with Gasteiger partial charge in [-0.1, -0.05) is 42.0 Å². The molecule has 0 saturated carbocycles. The summed E-state index contributed by atoms with van der Waals surface area (Å²) in [6, 6.07) is 14.4. The van der Waals surface area contributed by atoms with Gasteiger partial charge in [0, 0.05) is 11.3 Å². The first-order valence-corrected chi connectivity index (χ1v) is 7.08. The minimum Gasteiger partial charge on any atom is -0.298 e. The number of rotatable bonds is 5. The molecule has 0 amide bonds. The van der Waals surface area contributed by atoms with Crippen molar-refractivity contribution in [2.45, 2.75) is 18.2 Å². The van der Waals surface area contributed by atoms with E-state index >= 15 is 0 Å². The highest BCUT2D eigenvalue weighted by Gasteiger charge is 2.07. The van der Waals surface area contributed by atoms with Crippen LogP contribution in [0.15, 0.2) is 53.4 Å². The summed E-state index contributed by atoms with van der Waals surface area (Å²) in [7, 11) is 0. The molecule has 1 nitrogen and oxygen atoms in total. The summed E-state index contributed by atoms with van der Waals surface area (Å²) in [5.74, 6) is 0.141. The third-order valence-electron chi connectivity index (χ3n) is 2.75. The molecular formula is C16H15FOS. The molecule has 0 atom stereocenters. The van der Waals surface area contributed by atoms with E-state index in [9.17, 15) is 9.18 Å². The zero-order valence-corrected chi connectivity index (χ0v) is 11.5. The molecule has 3 heteroatoms. The summed E-state index contributed by atoms with van der Waals surface area (Å²) < 4.78 is 13.4. The van der Waals surface area contributed by atoms with Gasteiger partial charge in [0.05, 0.1) is 5.75 Å². The van der Waals surface area contributed by atoms with Gasteiger partial charge in [-0.2, -0.15) is 0 Å². The zero-order valence-electron chi connectivity index (χ0n) is 10.7.